The van der Waals surface area contributed by atoms with Crippen LogP contribution in [-0.4, -0.2) is 11.0 Å². The summed E-state index contributed by atoms with van der Waals surface area (Å²) < 4.78 is 0. The maximum atomic E-state index is 3.78. The zero-order valence-corrected chi connectivity index (χ0v) is 11.9. The molecule has 1 aromatic carbocycles. The average molecular weight is 256 g/mol. The van der Waals surface area contributed by atoms with Gasteiger partial charge in [0.1, 0.15) is 0 Å². The first-order valence-corrected chi connectivity index (χ1v) is 7.52. The van der Waals surface area contributed by atoms with Gasteiger partial charge in [-0.15, -0.1) is 0 Å². The number of H-pyrrole nitrogens is 1. The minimum atomic E-state index is 0.686. The number of hydrogen-bond acceptors (Lipinski definition) is 1. The van der Waals surface area contributed by atoms with Crippen molar-refractivity contribution in [1.82, 2.24) is 10.3 Å². The summed E-state index contributed by atoms with van der Waals surface area (Å²) in [6.07, 6.45) is 6.09. The highest BCUT2D eigenvalue weighted by molar-refractivity contribution is 5.82. The lowest BCUT2D eigenvalue weighted by Crippen LogP contribution is -2.38. The third-order valence-corrected chi connectivity index (χ3v) is 4.67. The molecule has 0 amide bonds. The molecule has 0 bridgehead atoms. The summed E-state index contributed by atoms with van der Waals surface area (Å²) in [5.74, 6) is 1.70. The summed E-state index contributed by atoms with van der Waals surface area (Å²) in [4.78, 5) is 3.28. The van der Waals surface area contributed by atoms with Gasteiger partial charge in [-0.2, -0.15) is 0 Å². The summed E-state index contributed by atoms with van der Waals surface area (Å²) in [6.45, 7) is 5.76. The molecule has 1 aromatic heterocycles. The Labute approximate surface area is 115 Å². The van der Waals surface area contributed by atoms with Crippen molar-refractivity contribution >= 4 is 10.9 Å². The monoisotopic (exact) mass is 256 g/mol. The van der Waals surface area contributed by atoms with Crippen LogP contribution < -0.4 is 5.32 Å². The molecular formula is C17H24N2. The number of aromatic nitrogens is 1. The van der Waals surface area contributed by atoms with Gasteiger partial charge < -0.3 is 10.3 Å². The molecule has 3 rings (SSSR count). The molecule has 0 spiro atoms. The van der Waals surface area contributed by atoms with Gasteiger partial charge in [-0.1, -0.05) is 26.0 Å². The van der Waals surface area contributed by atoms with Gasteiger partial charge in [-0.05, 0) is 48.8 Å². The molecule has 2 nitrogen and oxygen atoms in total. The summed E-state index contributed by atoms with van der Waals surface area (Å²) in [7, 11) is 0. The topological polar surface area (TPSA) is 27.8 Å². The number of fused-ring (bicyclic) bond motifs is 1. The van der Waals surface area contributed by atoms with Gasteiger partial charge >= 0.3 is 0 Å². The van der Waals surface area contributed by atoms with E-state index in [4.69, 9.17) is 0 Å². The van der Waals surface area contributed by atoms with Crippen molar-refractivity contribution in [2.24, 2.45) is 11.8 Å². The predicted molar refractivity (Wildman–Crippen MR) is 81.1 cm³/mol. The molecule has 3 unspecified atom stereocenters. The van der Waals surface area contributed by atoms with Crippen molar-refractivity contribution in [3.8, 4) is 0 Å². The Morgan fingerprint density at radius 2 is 2.11 bits per heavy atom. The van der Waals surface area contributed by atoms with Crippen molar-refractivity contribution in [2.45, 2.75) is 45.7 Å². The average Bonchev–Trinajstić information content (AvgIpc) is 2.86. The highest BCUT2D eigenvalue weighted by Crippen LogP contribution is 2.29. The Morgan fingerprint density at radius 1 is 1.21 bits per heavy atom. The molecular weight excluding hydrogens is 232 g/mol. The van der Waals surface area contributed by atoms with Crippen molar-refractivity contribution in [3.63, 3.8) is 0 Å². The van der Waals surface area contributed by atoms with Gasteiger partial charge in [-0.25, -0.2) is 0 Å². The number of benzene rings is 1. The van der Waals surface area contributed by atoms with Crippen LogP contribution in [0.3, 0.4) is 0 Å². The smallest absolute Gasteiger partial charge is 0.0457 e. The van der Waals surface area contributed by atoms with E-state index in [1.54, 1.807) is 0 Å². The molecule has 0 radical (unpaired) electrons. The van der Waals surface area contributed by atoms with Crippen LogP contribution in [0.25, 0.3) is 10.9 Å². The Balaban J connectivity index is 1.67. The highest BCUT2D eigenvalue weighted by Gasteiger charge is 2.24. The van der Waals surface area contributed by atoms with Gasteiger partial charge in [0.05, 0.1) is 0 Å². The van der Waals surface area contributed by atoms with Crippen LogP contribution in [0.15, 0.2) is 30.5 Å². The summed E-state index contributed by atoms with van der Waals surface area (Å²) in [6, 6.07) is 9.38. The molecule has 19 heavy (non-hydrogen) atoms. The Morgan fingerprint density at radius 3 is 2.95 bits per heavy atom. The maximum Gasteiger partial charge on any atom is 0.0457 e. The third-order valence-electron chi connectivity index (χ3n) is 4.67. The molecule has 1 aliphatic rings. The lowest BCUT2D eigenvalue weighted by Gasteiger charge is -2.33. The molecule has 2 N–H and O–H groups in total. The van der Waals surface area contributed by atoms with E-state index in [2.05, 4.69) is 48.4 Å². The van der Waals surface area contributed by atoms with E-state index in [0.29, 0.717) is 6.04 Å². The minimum Gasteiger partial charge on any atom is -0.361 e. The first-order valence-electron chi connectivity index (χ1n) is 7.52. The van der Waals surface area contributed by atoms with Gasteiger partial charge in [0.15, 0.2) is 0 Å². The van der Waals surface area contributed by atoms with Gasteiger partial charge in [-0.3, -0.25) is 0 Å². The molecule has 1 saturated carbocycles. The molecule has 2 heteroatoms. The fraction of sp³-hybridized carbons (Fsp3) is 0.529. The second-order valence-electron chi connectivity index (χ2n) is 6.24. The Bertz CT molecular complexity index is 543. The zero-order chi connectivity index (χ0) is 13.2. The van der Waals surface area contributed by atoms with E-state index in [1.807, 2.05) is 6.20 Å². The molecule has 0 saturated heterocycles. The number of aromatic amines is 1. The molecule has 102 valence electrons. The van der Waals surface area contributed by atoms with Crippen LogP contribution >= 0.6 is 0 Å². The molecule has 1 aliphatic carbocycles. The van der Waals surface area contributed by atoms with Gasteiger partial charge in [0.25, 0.3) is 0 Å². The van der Waals surface area contributed by atoms with E-state index in [9.17, 15) is 0 Å². The lowest BCUT2D eigenvalue weighted by molar-refractivity contribution is 0.227. The molecule has 1 fully saturated rings. The predicted octanol–water partition coefficient (Wildman–Crippen LogP) is 4.08. The summed E-state index contributed by atoms with van der Waals surface area (Å²) in [5.41, 5.74) is 2.65. The maximum absolute atomic E-state index is 3.78. The summed E-state index contributed by atoms with van der Waals surface area (Å²) in [5, 5.41) is 5.13. The third kappa shape index (κ3) is 2.69. The number of nitrogens with one attached hydrogen (secondary N) is 2. The van der Waals surface area contributed by atoms with Crippen LogP contribution in [0.2, 0.25) is 0 Å². The van der Waals surface area contributed by atoms with Crippen LogP contribution in [0.4, 0.5) is 0 Å². The van der Waals surface area contributed by atoms with E-state index in [1.165, 1.54) is 35.7 Å². The second kappa shape index (κ2) is 5.38. The van der Waals surface area contributed by atoms with E-state index < -0.39 is 0 Å². The largest absolute Gasteiger partial charge is 0.361 e. The van der Waals surface area contributed by atoms with Crippen LogP contribution in [0, 0.1) is 11.8 Å². The van der Waals surface area contributed by atoms with E-state index in [-0.39, 0.29) is 0 Å². The Hall–Kier alpha value is -1.28. The SMILES string of the molecule is CC1CCC(NCc2cccc3[nH]ccc23)C(C)C1. The fourth-order valence-electron chi connectivity index (χ4n) is 3.51. The number of rotatable bonds is 3. The Kier molecular flexibility index (Phi) is 3.61. The van der Waals surface area contributed by atoms with Crippen molar-refractivity contribution < 1.29 is 0 Å². The first kappa shape index (κ1) is 12.7. The molecule has 3 atom stereocenters. The first-order chi connectivity index (χ1) is 9.24. The van der Waals surface area contributed by atoms with Crippen LogP contribution in [0.5, 0.6) is 0 Å². The van der Waals surface area contributed by atoms with Crippen molar-refractivity contribution in [2.75, 3.05) is 0 Å². The lowest BCUT2D eigenvalue weighted by atomic mass is 9.80. The normalized spacial score (nSPS) is 27.8. The zero-order valence-electron chi connectivity index (χ0n) is 11.9. The summed E-state index contributed by atoms with van der Waals surface area (Å²) >= 11 is 0. The van der Waals surface area contributed by atoms with Gasteiger partial charge in [0, 0.05) is 29.7 Å². The molecule has 0 aliphatic heterocycles. The van der Waals surface area contributed by atoms with Crippen LogP contribution in [0.1, 0.15) is 38.7 Å². The second-order valence-corrected chi connectivity index (χ2v) is 6.24. The van der Waals surface area contributed by atoms with E-state index in [0.717, 1.165) is 18.4 Å². The van der Waals surface area contributed by atoms with Crippen molar-refractivity contribution in [3.05, 3.63) is 36.0 Å². The fourth-order valence-corrected chi connectivity index (χ4v) is 3.51. The quantitative estimate of drug-likeness (QED) is 0.850. The highest BCUT2D eigenvalue weighted by atomic mass is 14.9. The molecule has 2 aromatic rings. The standard InChI is InChI=1S/C17H24N2/c1-12-6-7-16(13(2)10-12)19-11-14-4-3-5-17-15(14)8-9-18-17/h3-5,8-9,12-13,16,18-19H,6-7,10-11H2,1-2H3. The minimum absolute atomic E-state index is 0.686. The van der Waals surface area contributed by atoms with Gasteiger partial charge in [0.2, 0.25) is 0 Å². The van der Waals surface area contributed by atoms with E-state index >= 15 is 0 Å². The molecule has 1 heterocycles. The van der Waals surface area contributed by atoms with Crippen molar-refractivity contribution in [1.29, 1.82) is 0 Å². The van der Waals surface area contributed by atoms with Crippen LogP contribution in [-0.2, 0) is 6.54 Å². The number of hydrogen-bond donors (Lipinski definition) is 2.